The number of benzene rings is 1. The quantitative estimate of drug-likeness (QED) is 0.840. The molecule has 0 aromatic heterocycles. The van der Waals surface area contributed by atoms with Crippen molar-refractivity contribution in [2.45, 2.75) is 36.6 Å². The third-order valence-corrected chi connectivity index (χ3v) is 6.48. The lowest BCUT2D eigenvalue weighted by atomic mass is 9.75. The SMILES string of the molecule is Cc1ccc(S(=O)(=O)N(C)CC2(N(C)C)CCC2)c(N)c1. The molecule has 0 heterocycles. The van der Waals surface area contributed by atoms with Gasteiger partial charge in [-0.3, -0.25) is 0 Å². The first-order valence-electron chi connectivity index (χ1n) is 7.19. The molecule has 0 spiro atoms. The summed E-state index contributed by atoms with van der Waals surface area (Å²) in [5.41, 5.74) is 7.13. The Kier molecular flexibility index (Phi) is 4.33. The molecule has 0 bridgehead atoms. The van der Waals surface area contributed by atoms with E-state index in [1.807, 2.05) is 21.0 Å². The van der Waals surface area contributed by atoms with Gasteiger partial charge in [-0.25, -0.2) is 8.42 Å². The van der Waals surface area contributed by atoms with Crippen molar-refractivity contribution >= 4 is 15.7 Å². The zero-order valence-electron chi connectivity index (χ0n) is 13.3. The molecule has 6 heteroatoms. The number of aryl methyl sites for hydroxylation is 1. The molecule has 2 N–H and O–H groups in total. The molecule has 0 aliphatic heterocycles. The van der Waals surface area contributed by atoms with Crippen molar-refractivity contribution in [2.24, 2.45) is 0 Å². The van der Waals surface area contributed by atoms with Gasteiger partial charge in [0.15, 0.2) is 0 Å². The number of sulfonamides is 1. The summed E-state index contributed by atoms with van der Waals surface area (Å²) in [6, 6.07) is 5.08. The van der Waals surface area contributed by atoms with Crippen LogP contribution in [-0.4, -0.2) is 50.8 Å². The lowest BCUT2D eigenvalue weighted by Crippen LogP contribution is -2.57. The van der Waals surface area contributed by atoms with E-state index in [2.05, 4.69) is 4.90 Å². The van der Waals surface area contributed by atoms with Crippen molar-refractivity contribution in [1.82, 2.24) is 9.21 Å². The lowest BCUT2D eigenvalue weighted by Gasteiger charge is -2.49. The minimum absolute atomic E-state index is 0.0404. The molecule has 1 aromatic rings. The minimum Gasteiger partial charge on any atom is -0.398 e. The summed E-state index contributed by atoms with van der Waals surface area (Å²) in [6.07, 6.45) is 3.21. The smallest absolute Gasteiger partial charge is 0.244 e. The fourth-order valence-electron chi connectivity index (χ4n) is 2.90. The number of nitrogens with zero attached hydrogens (tertiary/aromatic N) is 2. The second-order valence-corrected chi connectivity index (χ2v) is 8.29. The van der Waals surface area contributed by atoms with E-state index in [0.29, 0.717) is 12.2 Å². The predicted octanol–water partition coefficient (Wildman–Crippen LogP) is 1.68. The topological polar surface area (TPSA) is 66.6 Å². The number of nitrogen functional groups attached to an aromatic ring is 1. The molecule has 2 rings (SSSR count). The van der Waals surface area contributed by atoms with Gasteiger partial charge in [0.1, 0.15) is 4.90 Å². The van der Waals surface area contributed by atoms with Crippen LogP contribution in [0.3, 0.4) is 0 Å². The summed E-state index contributed by atoms with van der Waals surface area (Å²) >= 11 is 0. The second-order valence-electron chi connectivity index (χ2n) is 6.27. The van der Waals surface area contributed by atoms with Crippen molar-refractivity contribution in [2.75, 3.05) is 33.4 Å². The first kappa shape index (κ1) is 16.3. The molecule has 1 aromatic carbocycles. The van der Waals surface area contributed by atoms with Crippen LogP contribution in [0.25, 0.3) is 0 Å². The molecule has 1 saturated carbocycles. The van der Waals surface area contributed by atoms with Crippen LogP contribution in [0.4, 0.5) is 5.69 Å². The molecular formula is C15H25N3O2S. The van der Waals surface area contributed by atoms with Crippen LogP contribution in [0, 0.1) is 6.92 Å². The lowest BCUT2D eigenvalue weighted by molar-refractivity contribution is 0.0455. The number of anilines is 1. The molecule has 0 atom stereocenters. The Morgan fingerprint density at radius 1 is 1.24 bits per heavy atom. The normalized spacial score (nSPS) is 18.0. The third kappa shape index (κ3) is 2.93. The van der Waals surface area contributed by atoms with Gasteiger partial charge in [-0.05, 0) is 58.0 Å². The van der Waals surface area contributed by atoms with Crippen molar-refractivity contribution in [3.63, 3.8) is 0 Å². The van der Waals surface area contributed by atoms with Crippen molar-refractivity contribution in [1.29, 1.82) is 0 Å². The Balaban J connectivity index is 2.27. The molecule has 1 aliphatic rings. The van der Waals surface area contributed by atoms with E-state index >= 15 is 0 Å². The molecular weight excluding hydrogens is 286 g/mol. The van der Waals surface area contributed by atoms with Crippen molar-refractivity contribution in [3.05, 3.63) is 23.8 Å². The van der Waals surface area contributed by atoms with E-state index < -0.39 is 10.0 Å². The van der Waals surface area contributed by atoms with Crippen LogP contribution >= 0.6 is 0 Å². The van der Waals surface area contributed by atoms with Crippen LogP contribution in [-0.2, 0) is 10.0 Å². The highest BCUT2D eigenvalue weighted by Crippen LogP contribution is 2.37. The Morgan fingerprint density at radius 3 is 2.29 bits per heavy atom. The van der Waals surface area contributed by atoms with E-state index in [4.69, 9.17) is 5.73 Å². The first-order valence-corrected chi connectivity index (χ1v) is 8.63. The van der Waals surface area contributed by atoms with Crippen LogP contribution < -0.4 is 5.73 Å². The summed E-state index contributed by atoms with van der Waals surface area (Å²) in [5, 5.41) is 0. The Morgan fingerprint density at radius 2 is 1.86 bits per heavy atom. The Hall–Kier alpha value is -1.11. The predicted molar refractivity (Wildman–Crippen MR) is 85.7 cm³/mol. The van der Waals surface area contributed by atoms with Gasteiger partial charge in [-0.2, -0.15) is 4.31 Å². The molecule has 1 aliphatic carbocycles. The molecule has 0 unspecified atom stereocenters. The van der Waals surface area contributed by atoms with E-state index in [1.165, 1.54) is 4.31 Å². The molecule has 21 heavy (non-hydrogen) atoms. The van der Waals surface area contributed by atoms with Crippen LogP contribution in [0.1, 0.15) is 24.8 Å². The maximum absolute atomic E-state index is 12.7. The van der Waals surface area contributed by atoms with Crippen LogP contribution in [0.15, 0.2) is 23.1 Å². The highest BCUT2D eigenvalue weighted by molar-refractivity contribution is 7.89. The standard InChI is InChI=1S/C15H25N3O2S/c1-12-6-7-14(13(16)10-12)21(19,20)18(4)11-15(17(2)3)8-5-9-15/h6-7,10H,5,8-9,11,16H2,1-4H3. The minimum atomic E-state index is -3.55. The van der Waals surface area contributed by atoms with Gasteiger partial charge in [0, 0.05) is 19.1 Å². The number of rotatable bonds is 5. The highest BCUT2D eigenvalue weighted by Gasteiger charge is 2.42. The van der Waals surface area contributed by atoms with Crippen LogP contribution in [0.2, 0.25) is 0 Å². The summed E-state index contributed by atoms with van der Waals surface area (Å²) in [6.45, 7) is 2.39. The zero-order valence-corrected chi connectivity index (χ0v) is 14.1. The summed E-state index contributed by atoms with van der Waals surface area (Å²) < 4.78 is 26.9. The van der Waals surface area contributed by atoms with Gasteiger partial charge in [-0.1, -0.05) is 6.07 Å². The first-order chi connectivity index (χ1) is 9.69. The van der Waals surface area contributed by atoms with Crippen molar-refractivity contribution in [3.8, 4) is 0 Å². The Bertz CT molecular complexity index is 622. The molecule has 118 valence electrons. The number of likely N-dealkylation sites (N-methyl/N-ethyl adjacent to an activating group) is 2. The largest absolute Gasteiger partial charge is 0.398 e. The maximum atomic E-state index is 12.7. The van der Waals surface area contributed by atoms with E-state index in [-0.39, 0.29) is 10.4 Å². The molecule has 0 radical (unpaired) electrons. The molecule has 1 fully saturated rings. The van der Waals surface area contributed by atoms with E-state index in [0.717, 1.165) is 24.8 Å². The van der Waals surface area contributed by atoms with Crippen LogP contribution in [0.5, 0.6) is 0 Å². The highest BCUT2D eigenvalue weighted by atomic mass is 32.2. The number of hydrogen-bond donors (Lipinski definition) is 1. The number of hydrogen-bond acceptors (Lipinski definition) is 4. The summed E-state index contributed by atoms with van der Waals surface area (Å²) in [7, 11) is 2.12. The third-order valence-electron chi connectivity index (χ3n) is 4.60. The molecule has 5 nitrogen and oxygen atoms in total. The maximum Gasteiger partial charge on any atom is 0.244 e. The monoisotopic (exact) mass is 311 g/mol. The van der Waals surface area contributed by atoms with E-state index in [1.54, 1.807) is 25.2 Å². The van der Waals surface area contributed by atoms with Gasteiger partial charge >= 0.3 is 0 Å². The van der Waals surface area contributed by atoms with Crippen molar-refractivity contribution < 1.29 is 8.42 Å². The van der Waals surface area contributed by atoms with Gasteiger partial charge in [0.25, 0.3) is 0 Å². The second kappa shape index (κ2) is 5.59. The summed E-state index contributed by atoms with van der Waals surface area (Å²) in [4.78, 5) is 2.34. The van der Waals surface area contributed by atoms with Gasteiger partial charge in [-0.15, -0.1) is 0 Å². The average Bonchev–Trinajstić information content (AvgIpc) is 2.32. The zero-order chi connectivity index (χ0) is 15.8. The van der Waals surface area contributed by atoms with Gasteiger partial charge < -0.3 is 10.6 Å². The summed E-state index contributed by atoms with van der Waals surface area (Å²) in [5.74, 6) is 0. The fraction of sp³-hybridized carbons (Fsp3) is 0.600. The van der Waals surface area contributed by atoms with Gasteiger partial charge in [0.05, 0.1) is 5.69 Å². The molecule has 0 amide bonds. The fourth-order valence-corrected chi connectivity index (χ4v) is 4.24. The Labute approximate surface area is 127 Å². The molecule has 0 saturated heterocycles. The van der Waals surface area contributed by atoms with Gasteiger partial charge in [0.2, 0.25) is 10.0 Å². The average molecular weight is 311 g/mol. The van der Waals surface area contributed by atoms with E-state index in [9.17, 15) is 8.42 Å². The number of nitrogens with two attached hydrogens (primary N) is 1.